The second-order valence-corrected chi connectivity index (χ2v) is 8.64. The highest BCUT2D eigenvalue weighted by Gasteiger charge is 2.32. The van der Waals surface area contributed by atoms with Crippen LogP contribution in [0.5, 0.6) is 5.75 Å². The number of rotatable bonds is 14. The lowest BCUT2D eigenvalue weighted by Crippen LogP contribution is -2.58. The Morgan fingerprint density at radius 1 is 0.946 bits per heavy atom. The maximum absolute atomic E-state index is 12.9. The first-order valence-corrected chi connectivity index (χ1v) is 11.6. The second kappa shape index (κ2) is 13.8. The predicted octanol–water partition coefficient (Wildman–Crippen LogP) is -2.03. The zero-order chi connectivity index (χ0) is 27.5. The summed E-state index contributed by atoms with van der Waals surface area (Å²) in [7, 11) is 0. The molecule has 0 saturated carbocycles. The van der Waals surface area contributed by atoms with Crippen LogP contribution in [0.1, 0.15) is 37.7 Å². The van der Waals surface area contributed by atoms with Crippen molar-refractivity contribution in [3.8, 4) is 5.75 Å². The van der Waals surface area contributed by atoms with E-state index in [1.165, 1.54) is 24.3 Å². The van der Waals surface area contributed by atoms with Gasteiger partial charge in [-0.15, -0.1) is 0 Å². The number of benzene rings is 1. The van der Waals surface area contributed by atoms with E-state index in [4.69, 9.17) is 10.8 Å². The van der Waals surface area contributed by atoms with E-state index in [0.717, 1.165) is 6.42 Å². The number of aromatic hydroxyl groups is 1. The molecule has 4 unspecified atom stereocenters. The summed E-state index contributed by atoms with van der Waals surface area (Å²) in [5, 5.41) is 37.9. The average Bonchev–Trinajstić information content (AvgIpc) is 3.36. The molecular weight excluding hydrogens is 490 g/mol. The smallest absolute Gasteiger partial charge is 0.326 e. The Morgan fingerprint density at radius 2 is 1.57 bits per heavy atom. The summed E-state index contributed by atoms with van der Waals surface area (Å²) in [6, 6.07) is 0.713. The first-order valence-electron chi connectivity index (χ1n) is 11.6. The molecule has 4 atom stereocenters. The van der Waals surface area contributed by atoms with Gasteiger partial charge >= 0.3 is 11.9 Å². The third-order valence-electron chi connectivity index (χ3n) is 5.69. The Morgan fingerprint density at radius 3 is 2.11 bits per heavy atom. The van der Waals surface area contributed by atoms with Crippen LogP contribution in [0.25, 0.3) is 0 Å². The van der Waals surface area contributed by atoms with Crippen LogP contribution in [0, 0.1) is 0 Å². The molecule has 1 aromatic carbocycles. The number of phenols is 1. The molecule has 0 radical (unpaired) electrons. The molecule has 1 aliphatic rings. The Balaban J connectivity index is 2.13. The minimum absolute atomic E-state index is 0.0304. The summed E-state index contributed by atoms with van der Waals surface area (Å²) in [6.07, 6.45) is -0.305. The van der Waals surface area contributed by atoms with Crippen LogP contribution in [0.3, 0.4) is 0 Å². The quantitative estimate of drug-likeness (QED) is 0.133. The van der Waals surface area contributed by atoms with Crippen molar-refractivity contribution in [2.45, 2.75) is 62.7 Å². The largest absolute Gasteiger partial charge is 0.508 e. The number of carbonyl (C=O) groups is 6. The van der Waals surface area contributed by atoms with Gasteiger partial charge < -0.3 is 42.3 Å². The summed E-state index contributed by atoms with van der Waals surface area (Å²) in [4.78, 5) is 72.6. The standard InChI is InChI=1S/C23H31N5O9/c24-18(30)11-16(22(35)28-17(23(36)37)10-12-3-5-13(29)6-4-12)27-21(34)15(7-8-19(31)32)26-20(33)14-2-1-9-25-14/h3-6,14-17,25,29H,1-2,7-11H2,(H2,24,30)(H,26,33)(H,27,34)(H,28,35)(H,31,32)(H,36,37). The topological polar surface area (TPSA) is 237 Å². The molecule has 1 saturated heterocycles. The van der Waals surface area contributed by atoms with Crippen molar-refractivity contribution in [1.29, 1.82) is 0 Å². The first-order chi connectivity index (χ1) is 17.5. The fourth-order valence-electron chi connectivity index (χ4n) is 3.74. The minimum Gasteiger partial charge on any atom is -0.508 e. The van der Waals surface area contributed by atoms with Gasteiger partial charge in [-0.3, -0.25) is 24.0 Å². The molecule has 1 aliphatic heterocycles. The molecule has 9 N–H and O–H groups in total. The zero-order valence-corrected chi connectivity index (χ0v) is 19.9. The minimum atomic E-state index is -1.58. The maximum atomic E-state index is 12.9. The molecule has 1 aromatic rings. The van der Waals surface area contributed by atoms with E-state index < -0.39 is 72.6 Å². The van der Waals surface area contributed by atoms with Gasteiger partial charge in [0.1, 0.15) is 23.9 Å². The number of carbonyl (C=O) groups excluding carboxylic acids is 4. The van der Waals surface area contributed by atoms with E-state index in [1.54, 1.807) is 0 Å². The molecule has 0 aromatic heterocycles. The van der Waals surface area contributed by atoms with Crippen LogP contribution in [0.4, 0.5) is 0 Å². The van der Waals surface area contributed by atoms with E-state index in [-0.39, 0.29) is 18.6 Å². The number of hydrogen-bond donors (Lipinski definition) is 8. The Kier molecular flexibility index (Phi) is 10.8. The van der Waals surface area contributed by atoms with Gasteiger partial charge in [-0.25, -0.2) is 4.79 Å². The molecule has 14 nitrogen and oxygen atoms in total. The lowest BCUT2D eigenvalue weighted by atomic mass is 10.0. The van der Waals surface area contributed by atoms with Gasteiger partial charge in [-0.05, 0) is 43.5 Å². The number of aliphatic carboxylic acids is 2. The number of amides is 4. The molecular formula is C23H31N5O9. The number of hydrogen-bond acceptors (Lipinski definition) is 8. The summed E-state index contributed by atoms with van der Waals surface area (Å²) < 4.78 is 0. The summed E-state index contributed by atoms with van der Waals surface area (Å²) >= 11 is 0. The highest BCUT2D eigenvalue weighted by molar-refractivity contribution is 5.96. The highest BCUT2D eigenvalue weighted by Crippen LogP contribution is 2.12. The number of nitrogens with one attached hydrogen (secondary N) is 4. The van der Waals surface area contributed by atoms with Crippen molar-refractivity contribution < 1.29 is 44.1 Å². The normalized spacial score (nSPS) is 17.1. The van der Waals surface area contributed by atoms with Crippen molar-refractivity contribution >= 4 is 35.6 Å². The van der Waals surface area contributed by atoms with Gasteiger partial charge in [0.05, 0.1) is 12.5 Å². The molecule has 2 rings (SSSR count). The molecule has 0 aliphatic carbocycles. The Hall–Kier alpha value is -4.20. The van der Waals surface area contributed by atoms with Crippen molar-refractivity contribution in [2.75, 3.05) is 6.54 Å². The van der Waals surface area contributed by atoms with Crippen molar-refractivity contribution in [3.05, 3.63) is 29.8 Å². The summed E-state index contributed by atoms with van der Waals surface area (Å²) in [5.74, 6) is -6.06. The monoisotopic (exact) mass is 521 g/mol. The second-order valence-electron chi connectivity index (χ2n) is 8.64. The van der Waals surface area contributed by atoms with E-state index >= 15 is 0 Å². The van der Waals surface area contributed by atoms with Crippen molar-refractivity contribution in [1.82, 2.24) is 21.3 Å². The van der Waals surface area contributed by atoms with E-state index in [0.29, 0.717) is 18.5 Å². The average molecular weight is 522 g/mol. The Labute approximate surface area is 212 Å². The summed E-state index contributed by atoms with van der Waals surface area (Å²) in [6.45, 7) is 0.611. The number of primary amides is 1. The van der Waals surface area contributed by atoms with E-state index in [2.05, 4.69) is 21.3 Å². The Bertz CT molecular complexity index is 1010. The first kappa shape index (κ1) is 29.0. The third kappa shape index (κ3) is 9.76. The lowest BCUT2D eigenvalue weighted by Gasteiger charge is -2.24. The number of carboxylic acids is 2. The molecule has 37 heavy (non-hydrogen) atoms. The molecule has 1 fully saturated rings. The van der Waals surface area contributed by atoms with Gasteiger partial charge in [0.2, 0.25) is 23.6 Å². The molecule has 0 spiro atoms. The zero-order valence-electron chi connectivity index (χ0n) is 19.9. The van der Waals surface area contributed by atoms with Crippen LogP contribution in [-0.4, -0.2) is 81.6 Å². The fourth-order valence-corrected chi connectivity index (χ4v) is 3.74. The van der Waals surface area contributed by atoms with Crippen LogP contribution in [0.15, 0.2) is 24.3 Å². The van der Waals surface area contributed by atoms with E-state index in [9.17, 15) is 39.0 Å². The van der Waals surface area contributed by atoms with Crippen molar-refractivity contribution in [2.24, 2.45) is 5.73 Å². The molecule has 4 amide bonds. The molecule has 0 bridgehead atoms. The third-order valence-corrected chi connectivity index (χ3v) is 5.69. The predicted molar refractivity (Wildman–Crippen MR) is 127 cm³/mol. The van der Waals surface area contributed by atoms with E-state index in [1.807, 2.05) is 0 Å². The SMILES string of the molecule is NC(=O)CC(NC(=O)C(CCC(=O)O)NC(=O)C1CCCN1)C(=O)NC(Cc1ccc(O)cc1)C(=O)O. The van der Waals surface area contributed by atoms with Crippen LogP contribution in [0.2, 0.25) is 0 Å². The van der Waals surface area contributed by atoms with Crippen LogP contribution in [-0.2, 0) is 35.2 Å². The fraction of sp³-hybridized carbons (Fsp3) is 0.478. The van der Waals surface area contributed by atoms with Crippen LogP contribution < -0.4 is 27.0 Å². The number of phenolic OH excluding ortho intramolecular Hbond substituents is 1. The summed E-state index contributed by atoms with van der Waals surface area (Å²) in [5.41, 5.74) is 5.69. The number of carboxylic acid groups (broad SMARTS) is 2. The molecule has 202 valence electrons. The van der Waals surface area contributed by atoms with Gasteiger partial charge in [-0.1, -0.05) is 12.1 Å². The molecule has 14 heteroatoms. The van der Waals surface area contributed by atoms with Gasteiger partial charge in [0, 0.05) is 12.8 Å². The van der Waals surface area contributed by atoms with Gasteiger partial charge in [0.25, 0.3) is 0 Å². The van der Waals surface area contributed by atoms with Gasteiger partial charge in [0.15, 0.2) is 0 Å². The number of nitrogens with two attached hydrogens (primary N) is 1. The highest BCUT2D eigenvalue weighted by atomic mass is 16.4. The molecule has 1 heterocycles. The van der Waals surface area contributed by atoms with Crippen molar-refractivity contribution in [3.63, 3.8) is 0 Å². The maximum Gasteiger partial charge on any atom is 0.326 e. The van der Waals surface area contributed by atoms with Crippen LogP contribution >= 0.6 is 0 Å². The lowest BCUT2D eigenvalue weighted by molar-refractivity contribution is -0.142. The van der Waals surface area contributed by atoms with Gasteiger partial charge in [-0.2, -0.15) is 0 Å².